The Hall–Kier alpha value is -2.06. The first-order chi connectivity index (χ1) is 10.3. The van der Waals surface area contributed by atoms with E-state index in [0.717, 1.165) is 11.8 Å². The number of nitrogens with zero attached hydrogens (tertiary/aromatic N) is 3. The summed E-state index contributed by atoms with van der Waals surface area (Å²) in [6.07, 6.45) is -1.34. The van der Waals surface area contributed by atoms with Gasteiger partial charge in [0.15, 0.2) is 0 Å². The molecule has 2 atom stereocenters. The summed E-state index contributed by atoms with van der Waals surface area (Å²) in [6.45, 7) is 0.962. The number of aromatic nitrogens is 2. The minimum atomic E-state index is -4.45. The minimum Gasteiger partial charge on any atom is -0.350 e. The molecule has 6 nitrogen and oxygen atoms in total. The highest BCUT2D eigenvalue weighted by atomic mass is 19.4. The smallest absolute Gasteiger partial charge is 0.350 e. The van der Waals surface area contributed by atoms with Crippen LogP contribution in [-0.4, -0.2) is 51.3 Å². The molecule has 0 saturated carbocycles. The monoisotopic (exact) mass is 318 g/mol. The number of nitrogens with one attached hydrogen (secondary N) is 1. The fourth-order valence-corrected chi connectivity index (χ4v) is 2.59. The van der Waals surface area contributed by atoms with Crippen molar-refractivity contribution in [2.24, 2.45) is 0 Å². The number of halogens is 3. The van der Waals surface area contributed by atoms with Gasteiger partial charge >= 0.3 is 6.18 Å². The van der Waals surface area contributed by atoms with E-state index in [1.165, 1.54) is 10.9 Å². The van der Waals surface area contributed by atoms with E-state index in [1.54, 1.807) is 12.3 Å². The van der Waals surface area contributed by atoms with Gasteiger partial charge in [0.1, 0.15) is 12.6 Å². The molecule has 2 rings (SSSR count). The molecule has 0 aliphatic carbocycles. The third-order valence-corrected chi connectivity index (χ3v) is 3.59. The van der Waals surface area contributed by atoms with Crippen LogP contribution in [0.3, 0.4) is 0 Å². The van der Waals surface area contributed by atoms with Crippen molar-refractivity contribution >= 4 is 11.8 Å². The van der Waals surface area contributed by atoms with Gasteiger partial charge in [-0.15, -0.1) is 0 Å². The van der Waals surface area contributed by atoms with E-state index >= 15 is 0 Å². The Bertz CT molecular complexity index is 530. The lowest BCUT2D eigenvalue weighted by molar-refractivity contribution is -0.196. The third kappa shape index (κ3) is 3.99. The molecule has 2 amide bonds. The summed E-state index contributed by atoms with van der Waals surface area (Å²) >= 11 is 0. The molecule has 1 aliphatic rings. The Morgan fingerprint density at radius 2 is 2.09 bits per heavy atom. The molecule has 0 spiro atoms. The molecule has 1 aromatic rings. The van der Waals surface area contributed by atoms with E-state index in [-0.39, 0.29) is 31.8 Å². The topological polar surface area (TPSA) is 67.2 Å². The van der Waals surface area contributed by atoms with Crippen molar-refractivity contribution in [1.82, 2.24) is 20.0 Å². The molecule has 0 bridgehead atoms. The van der Waals surface area contributed by atoms with Crippen molar-refractivity contribution < 1.29 is 22.8 Å². The van der Waals surface area contributed by atoms with Crippen LogP contribution in [0.15, 0.2) is 18.5 Å². The van der Waals surface area contributed by atoms with Crippen LogP contribution in [0.5, 0.6) is 0 Å². The maximum atomic E-state index is 12.9. The molecule has 0 aromatic carbocycles. The number of likely N-dealkylation sites (tertiary alicyclic amines) is 1. The van der Waals surface area contributed by atoms with Crippen LogP contribution in [0.25, 0.3) is 0 Å². The number of carbonyl (C=O) groups is 2. The average molecular weight is 318 g/mol. The van der Waals surface area contributed by atoms with E-state index in [4.69, 9.17) is 0 Å². The number of alkyl halides is 3. The van der Waals surface area contributed by atoms with Gasteiger partial charge in [-0.1, -0.05) is 0 Å². The van der Waals surface area contributed by atoms with Crippen molar-refractivity contribution in [3.63, 3.8) is 0 Å². The first-order valence-electron chi connectivity index (χ1n) is 6.88. The molecule has 1 aromatic heterocycles. The summed E-state index contributed by atoms with van der Waals surface area (Å²) in [7, 11) is 0. The minimum absolute atomic E-state index is 0.00767. The van der Waals surface area contributed by atoms with Crippen LogP contribution >= 0.6 is 0 Å². The molecule has 122 valence electrons. The molecule has 0 radical (unpaired) electrons. The SMILES string of the molecule is CC(=O)N1CC(NC(=O)Cn2cccn2)CCC1C(F)(F)F. The maximum Gasteiger partial charge on any atom is 0.408 e. The van der Waals surface area contributed by atoms with Gasteiger partial charge < -0.3 is 10.2 Å². The largest absolute Gasteiger partial charge is 0.408 e. The summed E-state index contributed by atoms with van der Waals surface area (Å²) in [5.74, 6) is -0.990. The molecular weight excluding hydrogens is 301 g/mol. The average Bonchev–Trinajstić information content (AvgIpc) is 2.89. The number of hydrogen-bond acceptors (Lipinski definition) is 3. The summed E-state index contributed by atoms with van der Waals surface area (Å²) in [6, 6.07) is -0.589. The third-order valence-electron chi connectivity index (χ3n) is 3.59. The summed E-state index contributed by atoms with van der Waals surface area (Å²) in [5, 5.41) is 6.53. The van der Waals surface area contributed by atoms with Gasteiger partial charge in [-0.25, -0.2) is 0 Å². The first-order valence-corrected chi connectivity index (χ1v) is 6.88. The van der Waals surface area contributed by atoms with E-state index < -0.39 is 24.2 Å². The van der Waals surface area contributed by atoms with Crippen LogP contribution in [-0.2, 0) is 16.1 Å². The van der Waals surface area contributed by atoms with Crippen LogP contribution in [0.1, 0.15) is 19.8 Å². The zero-order valence-electron chi connectivity index (χ0n) is 12.0. The van der Waals surface area contributed by atoms with Crippen molar-refractivity contribution in [2.75, 3.05) is 6.54 Å². The Labute approximate surface area is 125 Å². The van der Waals surface area contributed by atoms with Gasteiger partial charge in [0.05, 0.1) is 0 Å². The Balaban J connectivity index is 1.94. The molecule has 1 aliphatic heterocycles. The predicted octanol–water partition coefficient (Wildman–Crippen LogP) is 0.941. The molecule has 1 fully saturated rings. The van der Waals surface area contributed by atoms with Crippen LogP contribution in [0, 0.1) is 0 Å². The Morgan fingerprint density at radius 1 is 1.36 bits per heavy atom. The fraction of sp³-hybridized carbons (Fsp3) is 0.615. The predicted molar refractivity (Wildman–Crippen MR) is 70.6 cm³/mol. The number of rotatable bonds is 3. The fourth-order valence-electron chi connectivity index (χ4n) is 2.59. The molecular formula is C13H17F3N4O2. The van der Waals surface area contributed by atoms with Crippen molar-refractivity contribution in [3.8, 4) is 0 Å². The zero-order valence-corrected chi connectivity index (χ0v) is 12.0. The number of piperidine rings is 1. The Kier molecular flexibility index (Phi) is 4.72. The van der Waals surface area contributed by atoms with Crippen LogP contribution < -0.4 is 5.32 Å². The number of carbonyl (C=O) groups excluding carboxylic acids is 2. The zero-order chi connectivity index (χ0) is 16.3. The number of amides is 2. The highest BCUT2D eigenvalue weighted by molar-refractivity contribution is 5.76. The molecule has 2 unspecified atom stereocenters. The molecule has 1 N–H and O–H groups in total. The maximum absolute atomic E-state index is 12.9. The lowest BCUT2D eigenvalue weighted by atomic mass is 9.97. The molecule has 2 heterocycles. The molecule has 22 heavy (non-hydrogen) atoms. The molecule has 1 saturated heterocycles. The highest BCUT2D eigenvalue weighted by Crippen LogP contribution is 2.31. The van der Waals surface area contributed by atoms with Crippen molar-refractivity contribution in [3.05, 3.63) is 18.5 Å². The second kappa shape index (κ2) is 6.37. The van der Waals surface area contributed by atoms with E-state index in [1.807, 2.05) is 0 Å². The van der Waals surface area contributed by atoms with Crippen LogP contribution in [0.2, 0.25) is 0 Å². The summed E-state index contributed by atoms with van der Waals surface area (Å²) in [4.78, 5) is 24.1. The van der Waals surface area contributed by atoms with Gasteiger partial charge in [0.2, 0.25) is 11.8 Å². The molecule has 9 heteroatoms. The van der Waals surface area contributed by atoms with Crippen molar-refractivity contribution in [1.29, 1.82) is 0 Å². The van der Waals surface area contributed by atoms with Gasteiger partial charge in [0, 0.05) is 31.9 Å². The lowest BCUT2D eigenvalue weighted by Gasteiger charge is -2.40. The normalized spacial score (nSPS) is 22.5. The standard InChI is InChI=1S/C13H17F3N4O2/c1-9(21)20-7-10(3-4-11(20)13(14,15)16)18-12(22)8-19-6-2-5-17-19/h2,5-6,10-11H,3-4,7-8H2,1H3,(H,18,22). The second-order valence-electron chi connectivity index (χ2n) is 5.27. The van der Waals surface area contributed by atoms with Gasteiger partial charge in [-0.05, 0) is 18.9 Å². The highest BCUT2D eigenvalue weighted by Gasteiger charge is 2.47. The summed E-state index contributed by atoms with van der Waals surface area (Å²) in [5.41, 5.74) is 0. The quantitative estimate of drug-likeness (QED) is 0.902. The van der Waals surface area contributed by atoms with Gasteiger partial charge in [0.25, 0.3) is 0 Å². The summed E-state index contributed by atoms with van der Waals surface area (Å²) < 4.78 is 40.1. The van der Waals surface area contributed by atoms with Crippen molar-refractivity contribution in [2.45, 2.75) is 44.6 Å². The van der Waals surface area contributed by atoms with Gasteiger partial charge in [-0.2, -0.15) is 18.3 Å². The van der Waals surface area contributed by atoms with Gasteiger partial charge in [-0.3, -0.25) is 14.3 Å². The van der Waals surface area contributed by atoms with E-state index in [9.17, 15) is 22.8 Å². The first kappa shape index (κ1) is 16.3. The number of hydrogen-bond donors (Lipinski definition) is 1. The second-order valence-corrected chi connectivity index (χ2v) is 5.27. The lowest BCUT2D eigenvalue weighted by Crippen LogP contribution is -2.58. The van der Waals surface area contributed by atoms with E-state index in [0.29, 0.717) is 0 Å². The van der Waals surface area contributed by atoms with Crippen LogP contribution in [0.4, 0.5) is 13.2 Å². The Morgan fingerprint density at radius 3 is 2.64 bits per heavy atom. The van der Waals surface area contributed by atoms with E-state index in [2.05, 4.69) is 10.4 Å².